The number of rotatable bonds is 9. The molecule has 2 N–H and O–H groups in total. The highest BCUT2D eigenvalue weighted by atomic mass is 19.1. The summed E-state index contributed by atoms with van der Waals surface area (Å²) in [5.41, 5.74) is 0.851. The second kappa shape index (κ2) is 9.64. The number of carbonyl (C=O) groups excluding carboxylic acids is 1. The van der Waals surface area contributed by atoms with Crippen LogP contribution in [0.15, 0.2) is 53.1 Å². The summed E-state index contributed by atoms with van der Waals surface area (Å²) in [6, 6.07) is 12.1. The number of hydrogen-bond acceptors (Lipinski definition) is 6. The highest BCUT2D eigenvalue weighted by Crippen LogP contribution is 2.22. The Hall–Kier alpha value is -3.75. The summed E-state index contributed by atoms with van der Waals surface area (Å²) in [5.74, 6) is -0.974. The molecule has 1 heterocycles. The van der Waals surface area contributed by atoms with E-state index in [1.54, 1.807) is 36.4 Å². The number of carbonyl (C=O) groups is 2. The van der Waals surface area contributed by atoms with Gasteiger partial charge in [-0.15, -0.1) is 0 Å². The molecule has 0 saturated heterocycles. The number of methoxy groups -OCH3 is 1. The van der Waals surface area contributed by atoms with E-state index in [2.05, 4.69) is 15.5 Å². The molecule has 1 amide bonds. The van der Waals surface area contributed by atoms with Gasteiger partial charge in [0, 0.05) is 12.8 Å². The lowest BCUT2D eigenvalue weighted by Crippen LogP contribution is -2.30. The van der Waals surface area contributed by atoms with Crippen LogP contribution in [-0.4, -0.2) is 34.2 Å². The highest BCUT2D eigenvalue weighted by molar-refractivity contribution is 5.78. The third kappa shape index (κ3) is 5.40. The van der Waals surface area contributed by atoms with E-state index in [4.69, 9.17) is 14.4 Å². The Balaban J connectivity index is 1.61. The summed E-state index contributed by atoms with van der Waals surface area (Å²) < 4.78 is 24.0. The van der Waals surface area contributed by atoms with Crippen molar-refractivity contribution in [3.05, 3.63) is 65.8 Å². The number of nitrogens with one attached hydrogen (secondary N) is 1. The van der Waals surface area contributed by atoms with Crippen molar-refractivity contribution in [2.24, 2.45) is 0 Å². The highest BCUT2D eigenvalue weighted by Gasteiger charge is 2.19. The number of aliphatic carboxylic acids is 1. The molecule has 0 aliphatic rings. The van der Waals surface area contributed by atoms with E-state index in [0.29, 0.717) is 11.3 Å². The topological polar surface area (TPSA) is 115 Å². The van der Waals surface area contributed by atoms with Crippen LogP contribution in [0.3, 0.4) is 0 Å². The van der Waals surface area contributed by atoms with E-state index in [-0.39, 0.29) is 42.4 Å². The van der Waals surface area contributed by atoms with Crippen molar-refractivity contribution < 1.29 is 28.3 Å². The number of aryl methyl sites for hydroxylation is 1. The molecule has 1 atom stereocenters. The van der Waals surface area contributed by atoms with Crippen LogP contribution in [0.4, 0.5) is 4.39 Å². The minimum absolute atomic E-state index is 0.00514. The number of halogens is 1. The van der Waals surface area contributed by atoms with Crippen molar-refractivity contribution in [3.8, 4) is 17.1 Å². The lowest BCUT2D eigenvalue weighted by Gasteiger charge is -2.17. The van der Waals surface area contributed by atoms with E-state index in [0.717, 1.165) is 0 Å². The van der Waals surface area contributed by atoms with Crippen LogP contribution in [0.2, 0.25) is 0 Å². The van der Waals surface area contributed by atoms with Gasteiger partial charge in [0.1, 0.15) is 11.6 Å². The van der Waals surface area contributed by atoms with Crippen molar-refractivity contribution >= 4 is 11.9 Å². The number of hydrogen-bond donors (Lipinski definition) is 2. The molecular formula is C21H20FN3O5. The standard InChI is InChI=1S/C21H20FN3O5/c1-29-14-8-6-13(7-9-14)17(12-20(27)28)23-18(26)10-11-19-24-21(25-30-19)15-4-2-3-5-16(15)22/h2-9,17H,10-12H2,1H3,(H,23,26)(H,27,28)/t17-/m0/s1. The van der Waals surface area contributed by atoms with E-state index in [9.17, 15) is 14.0 Å². The van der Waals surface area contributed by atoms with Gasteiger partial charge >= 0.3 is 5.97 Å². The van der Waals surface area contributed by atoms with Crippen LogP contribution in [-0.2, 0) is 16.0 Å². The fourth-order valence-corrected chi connectivity index (χ4v) is 2.86. The molecule has 0 aliphatic carbocycles. The van der Waals surface area contributed by atoms with Crippen LogP contribution in [0.25, 0.3) is 11.4 Å². The second-order valence-electron chi connectivity index (χ2n) is 6.48. The molecule has 0 spiro atoms. The van der Waals surface area contributed by atoms with Gasteiger partial charge in [-0.3, -0.25) is 9.59 Å². The van der Waals surface area contributed by atoms with Gasteiger partial charge in [0.05, 0.1) is 25.1 Å². The first-order valence-electron chi connectivity index (χ1n) is 9.19. The summed E-state index contributed by atoms with van der Waals surface area (Å²) in [5, 5.41) is 15.6. The summed E-state index contributed by atoms with van der Waals surface area (Å²) in [6.07, 6.45) is -0.128. The SMILES string of the molecule is COc1ccc([C@H](CC(=O)O)NC(=O)CCc2nc(-c3ccccc3F)no2)cc1. The van der Waals surface area contributed by atoms with Crippen molar-refractivity contribution in [2.75, 3.05) is 7.11 Å². The van der Waals surface area contributed by atoms with E-state index >= 15 is 0 Å². The Labute approximate surface area is 171 Å². The number of benzene rings is 2. The van der Waals surface area contributed by atoms with E-state index < -0.39 is 17.8 Å². The molecule has 0 aliphatic heterocycles. The van der Waals surface area contributed by atoms with Gasteiger partial charge in [-0.25, -0.2) is 4.39 Å². The minimum Gasteiger partial charge on any atom is -0.497 e. The maximum absolute atomic E-state index is 13.8. The molecule has 0 saturated carbocycles. The zero-order valence-electron chi connectivity index (χ0n) is 16.2. The first-order valence-corrected chi connectivity index (χ1v) is 9.19. The fourth-order valence-electron chi connectivity index (χ4n) is 2.86. The Morgan fingerprint density at radius 3 is 2.60 bits per heavy atom. The summed E-state index contributed by atoms with van der Waals surface area (Å²) >= 11 is 0. The van der Waals surface area contributed by atoms with Gasteiger partial charge in [0.2, 0.25) is 17.6 Å². The number of carboxylic acid groups (broad SMARTS) is 1. The lowest BCUT2D eigenvalue weighted by atomic mass is 10.0. The fraction of sp³-hybridized carbons (Fsp3) is 0.238. The monoisotopic (exact) mass is 413 g/mol. The average molecular weight is 413 g/mol. The molecule has 156 valence electrons. The van der Waals surface area contributed by atoms with Gasteiger partial charge in [-0.05, 0) is 29.8 Å². The minimum atomic E-state index is -1.04. The molecule has 0 fully saturated rings. The van der Waals surface area contributed by atoms with Gasteiger partial charge in [-0.2, -0.15) is 4.98 Å². The molecule has 1 aromatic heterocycles. The predicted octanol–water partition coefficient (Wildman–Crippen LogP) is 3.15. The third-order valence-electron chi connectivity index (χ3n) is 4.38. The zero-order chi connectivity index (χ0) is 21.5. The van der Waals surface area contributed by atoms with Gasteiger partial charge in [0.25, 0.3) is 0 Å². The first-order chi connectivity index (χ1) is 14.5. The molecule has 3 aromatic rings. The van der Waals surface area contributed by atoms with Crippen molar-refractivity contribution in [3.63, 3.8) is 0 Å². The van der Waals surface area contributed by atoms with Crippen LogP contribution in [0, 0.1) is 5.82 Å². The number of nitrogens with zero attached hydrogens (tertiary/aromatic N) is 2. The first kappa shape index (κ1) is 21.0. The van der Waals surface area contributed by atoms with Gasteiger partial charge in [-0.1, -0.05) is 29.4 Å². The third-order valence-corrected chi connectivity index (χ3v) is 4.38. The Bertz CT molecular complexity index is 1020. The molecule has 0 bridgehead atoms. The number of aromatic nitrogens is 2. The number of carboxylic acids is 1. The molecular weight excluding hydrogens is 393 g/mol. The Kier molecular flexibility index (Phi) is 6.74. The maximum atomic E-state index is 13.8. The normalized spacial score (nSPS) is 11.7. The molecule has 8 nitrogen and oxygen atoms in total. The Morgan fingerprint density at radius 1 is 1.20 bits per heavy atom. The van der Waals surface area contributed by atoms with Crippen molar-refractivity contribution in [1.29, 1.82) is 0 Å². The molecule has 0 radical (unpaired) electrons. The molecule has 9 heteroatoms. The average Bonchev–Trinajstić information content (AvgIpc) is 3.21. The predicted molar refractivity (Wildman–Crippen MR) is 104 cm³/mol. The lowest BCUT2D eigenvalue weighted by molar-refractivity contribution is -0.137. The molecule has 30 heavy (non-hydrogen) atoms. The van der Waals surface area contributed by atoms with Gasteiger partial charge in [0.15, 0.2) is 0 Å². The maximum Gasteiger partial charge on any atom is 0.305 e. The second-order valence-corrected chi connectivity index (χ2v) is 6.48. The summed E-state index contributed by atoms with van der Waals surface area (Å²) in [7, 11) is 1.53. The number of ether oxygens (including phenoxy) is 1. The molecule has 3 rings (SSSR count). The number of amides is 1. The van der Waals surface area contributed by atoms with E-state index in [1.165, 1.54) is 19.2 Å². The smallest absolute Gasteiger partial charge is 0.305 e. The van der Waals surface area contributed by atoms with Crippen LogP contribution < -0.4 is 10.1 Å². The van der Waals surface area contributed by atoms with Gasteiger partial charge < -0.3 is 19.7 Å². The van der Waals surface area contributed by atoms with Crippen LogP contribution in [0.5, 0.6) is 5.75 Å². The molecule has 2 aromatic carbocycles. The van der Waals surface area contributed by atoms with Crippen molar-refractivity contribution in [2.45, 2.75) is 25.3 Å². The largest absolute Gasteiger partial charge is 0.497 e. The summed E-state index contributed by atoms with van der Waals surface area (Å²) in [4.78, 5) is 27.7. The Morgan fingerprint density at radius 2 is 1.93 bits per heavy atom. The van der Waals surface area contributed by atoms with E-state index in [1.807, 2.05) is 0 Å². The summed E-state index contributed by atoms with van der Waals surface area (Å²) in [6.45, 7) is 0. The van der Waals surface area contributed by atoms with Crippen molar-refractivity contribution in [1.82, 2.24) is 15.5 Å². The van der Waals surface area contributed by atoms with Crippen LogP contribution >= 0.6 is 0 Å². The molecule has 0 unspecified atom stereocenters. The quantitative estimate of drug-likeness (QED) is 0.554. The zero-order valence-corrected chi connectivity index (χ0v) is 16.2. The van der Waals surface area contributed by atoms with Crippen LogP contribution in [0.1, 0.15) is 30.3 Å².